The van der Waals surface area contributed by atoms with Crippen molar-refractivity contribution in [2.24, 2.45) is 5.92 Å². The molecule has 126 valence electrons. The predicted molar refractivity (Wildman–Crippen MR) is 82.5 cm³/mol. The molecule has 8 heteroatoms. The third-order valence-electron chi connectivity index (χ3n) is 3.99. The van der Waals surface area contributed by atoms with Gasteiger partial charge < -0.3 is 19.3 Å². The summed E-state index contributed by atoms with van der Waals surface area (Å²) in [5.74, 6) is -1.08. The quantitative estimate of drug-likeness (QED) is 0.908. The molecule has 2 heterocycles. The number of nitrogens with zero attached hydrogens (tertiary/aromatic N) is 3. The lowest BCUT2D eigenvalue weighted by molar-refractivity contribution is -0.143. The highest BCUT2D eigenvalue weighted by molar-refractivity contribution is 5.91. The van der Waals surface area contributed by atoms with Crippen molar-refractivity contribution >= 4 is 11.9 Å². The van der Waals surface area contributed by atoms with Gasteiger partial charge in [0.2, 0.25) is 0 Å². The zero-order valence-corrected chi connectivity index (χ0v) is 13.1. The van der Waals surface area contributed by atoms with E-state index >= 15 is 0 Å². The Morgan fingerprint density at radius 1 is 1.42 bits per heavy atom. The lowest BCUT2D eigenvalue weighted by atomic mass is 9.98. The second-order valence-electron chi connectivity index (χ2n) is 5.58. The molecular formula is C16H17N3O5. The summed E-state index contributed by atoms with van der Waals surface area (Å²) >= 11 is 0. The first-order chi connectivity index (χ1) is 11.6. The molecule has 0 radical (unpaired) electrons. The molecule has 24 heavy (non-hydrogen) atoms. The summed E-state index contributed by atoms with van der Waals surface area (Å²) in [7, 11) is 1.55. The highest BCUT2D eigenvalue weighted by atomic mass is 16.5. The van der Waals surface area contributed by atoms with E-state index in [2.05, 4.69) is 10.1 Å². The van der Waals surface area contributed by atoms with Gasteiger partial charge in [0.25, 0.3) is 17.6 Å². The number of aromatic nitrogens is 2. The minimum atomic E-state index is -0.891. The van der Waals surface area contributed by atoms with Crippen molar-refractivity contribution < 1.29 is 24.0 Å². The van der Waals surface area contributed by atoms with Gasteiger partial charge in [-0.25, -0.2) is 0 Å². The van der Waals surface area contributed by atoms with E-state index in [1.165, 1.54) is 4.90 Å². The highest BCUT2D eigenvalue weighted by Gasteiger charge is 2.30. The molecule has 1 saturated heterocycles. The molecular weight excluding hydrogens is 314 g/mol. The van der Waals surface area contributed by atoms with E-state index in [1.54, 1.807) is 31.4 Å². The molecule has 2 aromatic rings. The lowest BCUT2D eigenvalue weighted by Gasteiger charge is -2.29. The number of piperidine rings is 1. The van der Waals surface area contributed by atoms with Gasteiger partial charge in [-0.1, -0.05) is 11.2 Å². The van der Waals surface area contributed by atoms with Crippen LogP contribution in [-0.4, -0.2) is 52.2 Å². The molecule has 1 amide bonds. The first-order valence-electron chi connectivity index (χ1n) is 7.58. The highest BCUT2D eigenvalue weighted by Crippen LogP contribution is 2.23. The summed E-state index contributed by atoms with van der Waals surface area (Å²) in [6, 6.07) is 7.06. The minimum Gasteiger partial charge on any atom is -0.497 e. The van der Waals surface area contributed by atoms with Gasteiger partial charge in [-0.2, -0.15) is 4.98 Å². The number of carbonyl (C=O) groups is 2. The SMILES string of the molecule is COc1cccc(-c2nc(C(=O)N3CCCC(C(=O)O)C3)no2)c1. The zero-order chi connectivity index (χ0) is 17.1. The van der Waals surface area contributed by atoms with E-state index in [-0.39, 0.29) is 18.3 Å². The van der Waals surface area contributed by atoms with Gasteiger partial charge in [0, 0.05) is 18.7 Å². The topological polar surface area (TPSA) is 106 Å². The van der Waals surface area contributed by atoms with Gasteiger partial charge in [-0.05, 0) is 31.0 Å². The average molecular weight is 331 g/mol. The third-order valence-corrected chi connectivity index (χ3v) is 3.99. The minimum absolute atomic E-state index is 0.0705. The number of ether oxygens (including phenoxy) is 1. The number of amides is 1. The van der Waals surface area contributed by atoms with E-state index in [0.717, 1.165) is 0 Å². The number of methoxy groups -OCH3 is 1. The Balaban J connectivity index is 1.77. The summed E-state index contributed by atoms with van der Waals surface area (Å²) in [6.45, 7) is 0.656. The van der Waals surface area contributed by atoms with Gasteiger partial charge in [0.05, 0.1) is 13.0 Å². The van der Waals surface area contributed by atoms with Crippen LogP contribution in [0.2, 0.25) is 0 Å². The van der Waals surface area contributed by atoms with Gasteiger partial charge in [-0.15, -0.1) is 0 Å². The molecule has 0 spiro atoms. The van der Waals surface area contributed by atoms with Crippen LogP contribution in [-0.2, 0) is 4.79 Å². The maximum Gasteiger partial charge on any atom is 0.308 e. The molecule has 1 aliphatic heterocycles. The zero-order valence-electron chi connectivity index (χ0n) is 13.1. The molecule has 1 N–H and O–H groups in total. The van der Waals surface area contributed by atoms with Crippen molar-refractivity contribution in [3.63, 3.8) is 0 Å². The number of likely N-dealkylation sites (tertiary alicyclic amines) is 1. The molecule has 1 aromatic carbocycles. The van der Waals surface area contributed by atoms with Crippen molar-refractivity contribution in [2.75, 3.05) is 20.2 Å². The molecule has 0 bridgehead atoms. The summed E-state index contributed by atoms with van der Waals surface area (Å²) in [6.07, 6.45) is 1.21. The molecule has 1 atom stereocenters. The molecule has 0 aliphatic carbocycles. The summed E-state index contributed by atoms with van der Waals surface area (Å²) in [5, 5.41) is 12.8. The smallest absolute Gasteiger partial charge is 0.308 e. The molecule has 1 aromatic heterocycles. The van der Waals surface area contributed by atoms with Gasteiger partial charge in [0.1, 0.15) is 5.75 Å². The maximum absolute atomic E-state index is 12.5. The van der Waals surface area contributed by atoms with Crippen LogP contribution in [0, 0.1) is 5.92 Å². The first-order valence-corrected chi connectivity index (χ1v) is 7.58. The molecule has 1 fully saturated rings. The van der Waals surface area contributed by atoms with Crippen LogP contribution >= 0.6 is 0 Å². The number of carbonyl (C=O) groups excluding carboxylic acids is 1. The van der Waals surface area contributed by atoms with Crippen molar-refractivity contribution in [1.29, 1.82) is 0 Å². The standard InChI is InChI=1S/C16H17N3O5/c1-23-12-6-2-4-10(8-12)14-17-13(18-24-14)15(20)19-7-3-5-11(9-19)16(21)22/h2,4,6,8,11H,3,5,7,9H2,1H3,(H,21,22). The number of hydrogen-bond acceptors (Lipinski definition) is 6. The fourth-order valence-electron chi connectivity index (χ4n) is 2.69. The monoisotopic (exact) mass is 331 g/mol. The lowest BCUT2D eigenvalue weighted by Crippen LogP contribution is -2.42. The van der Waals surface area contributed by atoms with Crippen LogP contribution in [0.25, 0.3) is 11.5 Å². The fourth-order valence-corrected chi connectivity index (χ4v) is 2.69. The van der Waals surface area contributed by atoms with Crippen LogP contribution in [0.1, 0.15) is 23.5 Å². The Morgan fingerprint density at radius 3 is 3.00 bits per heavy atom. The van der Waals surface area contributed by atoms with E-state index in [0.29, 0.717) is 30.7 Å². The Kier molecular flexibility index (Phi) is 4.45. The predicted octanol–water partition coefficient (Wildman–Crippen LogP) is 1.68. The summed E-state index contributed by atoms with van der Waals surface area (Å²) in [4.78, 5) is 29.2. The van der Waals surface area contributed by atoms with Crippen molar-refractivity contribution in [3.05, 3.63) is 30.1 Å². The second kappa shape index (κ2) is 6.69. The van der Waals surface area contributed by atoms with E-state index in [4.69, 9.17) is 14.4 Å². The molecule has 1 unspecified atom stereocenters. The van der Waals surface area contributed by atoms with E-state index in [9.17, 15) is 9.59 Å². The van der Waals surface area contributed by atoms with Crippen LogP contribution in [0.3, 0.4) is 0 Å². The van der Waals surface area contributed by atoms with E-state index < -0.39 is 17.8 Å². The third kappa shape index (κ3) is 3.22. The van der Waals surface area contributed by atoms with Crippen LogP contribution in [0.4, 0.5) is 0 Å². The van der Waals surface area contributed by atoms with Gasteiger partial charge in [-0.3, -0.25) is 9.59 Å². The fraction of sp³-hybridized carbons (Fsp3) is 0.375. The number of benzene rings is 1. The number of hydrogen-bond donors (Lipinski definition) is 1. The Bertz CT molecular complexity index is 758. The summed E-state index contributed by atoms with van der Waals surface area (Å²) in [5.41, 5.74) is 0.642. The van der Waals surface area contributed by atoms with Crippen LogP contribution in [0.5, 0.6) is 5.75 Å². The number of aliphatic carboxylic acids is 1. The molecule has 1 aliphatic rings. The summed E-state index contributed by atoms with van der Waals surface area (Å²) < 4.78 is 10.3. The second-order valence-corrected chi connectivity index (χ2v) is 5.58. The average Bonchev–Trinajstić information content (AvgIpc) is 3.11. The van der Waals surface area contributed by atoms with Gasteiger partial charge >= 0.3 is 5.97 Å². The molecule has 8 nitrogen and oxygen atoms in total. The van der Waals surface area contributed by atoms with Crippen LogP contribution < -0.4 is 4.74 Å². The van der Waals surface area contributed by atoms with Crippen LogP contribution in [0.15, 0.2) is 28.8 Å². The molecule has 0 saturated carbocycles. The number of carboxylic acids is 1. The number of carboxylic acid groups (broad SMARTS) is 1. The first kappa shape index (κ1) is 16.0. The van der Waals surface area contributed by atoms with Crippen molar-refractivity contribution in [1.82, 2.24) is 15.0 Å². The largest absolute Gasteiger partial charge is 0.497 e. The maximum atomic E-state index is 12.5. The van der Waals surface area contributed by atoms with Gasteiger partial charge in [0.15, 0.2) is 0 Å². The Morgan fingerprint density at radius 2 is 2.25 bits per heavy atom. The normalized spacial score (nSPS) is 17.5. The number of rotatable bonds is 4. The van der Waals surface area contributed by atoms with E-state index in [1.807, 2.05) is 0 Å². The Hall–Kier alpha value is -2.90. The van der Waals surface area contributed by atoms with Crippen molar-refractivity contribution in [2.45, 2.75) is 12.8 Å². The molecule has 3 rings (SSSR count). The van der Waals surface area contributed by atoms with Crippen molar-refractivity contribution in [3.8, 4) is 17.2 Å². The Labute approximate surface area is 138 Å².